The molecule has 1 aromatic carbocycles. The number of carbonyl (C=O) groups excluding carboxylic acids is 3. The van der Waals surface area contributed by atoms with Crippen LogP contribution >= 0.6 is 12.4 Å². The zero-order chi connectivity index (χ0) is 16.9. The Morgan fingerprint density at radius 3 is 2.35 bits per heavy atom. The summed E-state index contributed by atoms with van der Waals surface area (Å²) >= 11 is 0. The minimum atomic E-state index is -0.660. The van der Waals surface area contributed by atoms with Gasteiger partial charge in [-0.25, -0.2) is 0 Å². The van der Waals surface area contributed by atoms with Gasteiger partial charge in [0.15, 0.2) is 0 Å². The second-order valence-electron chi connectivity index (χ2n) is 5.43. The van der Waals surface area contributed by atoms with E-state index in [1.165, 1.54) is 6.07 Å². The Balaban J connectivity index is 0.00000484. The maximum atomic E-state index is 11.9. The van der Waals surface area contributed by atoms with Crippen LogP contribution in [0.4, 0.5) is 5.69 Å². The maximum absolute atomic E-state index is 11.9. The first-order valence-electron chi connectivity index (χ1n) is 6.96. The fraction of sp³-hybridized carbons (Fsp3) is 0.400. The Kier molecular flexibility index (Phi) is 8.28. The van der Waals surface area contributed by atoms with Gasteiger partial charge in [0.2, 0.25) is 17.7 Å². The second-order valence-corrected chi connectivity index (χ2v) is 5.43. The standard InChI is InChI=1S/C15H22N4O3.ClH/c1-8(2)13(16)15(22)18-7-12(20)19-11-6-10(14(17)21)5-4-9(11)3;/h4-6,8,13H,7,16H2,1-3H3,(H2,17,21)(H,18,22)(H,19,20);1H/t13-;/m0./s1. The predicted molar refractivity (Wildman–Crippen MR) is 91.4 cm³/mol. The van der Waals surface area contributed by atoms with Gasteiger partial charge >= 0.3 is 0 Å². The van der Waals surface area contributed by atoms with Crippen LogP contribution < -0.4 is 22.1 Å². The smallest absolute Gasteiger partial charge is 0.248 e. The summed E-state index contributed by atoms with van der Waals surface area (Å²) in [4.78, 5) is 34.7. The monoisotopic (exact) mass is 342 g/mol. The molecule has 1 atom stereocenters. The van der Waals surface area contributed by atoms with Crippen molar-refractivity contribution in [1.82, 2.24) is 5.32 Å². The van der Waals surface area contributed by atoms with Gasteiger partial charge in [0.1, 0.15) is 0 Å². The predicted octanol–water partition coefficient (Wildman–Crippen LogP) is 0.554. The lowest BCUT2D eigenvalue weighted by Gasteiger charge is -2.15. The number of nitrogens with two attached hydrogens (primary N) is 2. The molecule has 1 aromatic rings. The summed E-state index contributed by atoms with van der Waals surface area (Å²) in [5.74, 6) is -1.38. The van der Waals surface area contributed by atoms with Crippen LogP contribution in [0, 0.1) is 12.8 Å². The lowest BCUT2D eigenvalue weighted by Crippen LogP contribution is -2.46. The van der Waals surface area contributed by atoms with Crippen molar-refractivity contribution in [3.63, 3.8) is 0 Å². The first-order chi connectivity index (χ1) is 10.2. The van der Waals surface area contributed by atoms with E-state index in [1.54, 1.807) is 19.1 Å². The lowest BCUT2D eigenvalue weighted by molar-refractivity contribution is -0.125. The SMILES string of the molecule is Cc1ccc(C(N)=O)cc1NC(=O)CNC(=O)[C@@H](N)C(C)C.Cl. The molecule has 0 saturated heterocycles. The molecule has 23 heavy (non-hydrogen) atoms. The molecule has 7 nitrogen and oxygen atoms in total. The Morgan fingerprint density at radius 1 is 1.22 bits per heavy atom. The summed E-state index contributed by atoms with van der Waals surface area (Å²) in [5, 5.41) is 5.10. The molecular formula is C15H23ClN4O3. The molecule has 0 unspecified atom stereocenters. The summed E-state index contributed by atoms with van der Waals surface area (Å²) in [6, 6.07) is 4.10. The van der Waals surface area contributed by atoms with Gasteiger partial charge in [-0.3, -0.25) is 14.4 Å². The van der Waals surface area contributed by atoms with Crippen LogP contribution in [0.3, 0.4) is 0 Å². The number of rotatable bonds is 6. The molecule has 8 heteroatoms. The number of benzene rings is 1. The van der Waals surface area contributed by atoms with Crippen molar-refractivity contribution < 1.29 is 14.4 Å². The normalized spacial score (nSPS) is 11.3. The molecule has 0 spiro atoms. The molecule has 0 heterocycles. The van der Waals surface area contributed by atoms with Crippen LogP contribution in [0.25, 0.3) is 0 Å². The minimum Gasteiger partial charge on any atom is -0.366 e. The highest BCUT2D eigenvalue weighted by Gasteiger charge is 2.17. The van der Waals surface area contributed by atoms with Gasteiger partial charge in [0.25, 0.3) is 0 Å². The van der Waals surface area contributed by atoms with Gasteiger partial charge in [0, 0.05) is 11.3 Å². The van der Waals surface area contributed by atoms with E-state index in [1.807, 2.05) is 13.8 Å². The van der Waals surface area contributed by atoms with Crippen molar-refractivity contribution in [2.75, 3.05) is 11.9 Å². The van der Waals surface area contributed by atoms with Crippen molar-refractivity contribution in [1.29, 1.82) is 0 Å². The molecule has 0 aliphatic rings. The van der Waals surface area contributed by atoms with Gasteiger partial charge in [-0.2, -0.15) is 0 Å². The van der Waals surface area contributed by atoms with E-state index in [0.717, 1.165) is 5.56 Å². The molecule has 0 bridgehead atoms. The van der Waals surface area contributed by atoms with Gasteiger partial charge in [0.05, 0.1) is 12.6 Å². The Hall–Kier alpha value is -2.12. The molecule has 6 N–H and O–H groups in total. The topological polar surface area (TPSA) is 127 Å². The number of hydrogen-bond acceptors (Lipinski definition) is 4. The number of halogens is 1. The van der Waals surface area contributed by atoms with E-state index < -0.39 is 17.9 Å². The van der Waals surface area contributed by atoms with E-state index in [9.17, 15) is 14.4 Å². The largest absolute Gasteiger partial charge is 0.366 e. The van der Waals surface area contributed by atoms with E-state index in [4.69, 9.17) is 11.5 Å². The Bertz CT molecular complexity index is 590. The summed E-state index contributed by atoms with van der Waals surface area (Å²) in [7, 11) is 0. The first-order valence-corrected chi connectivity index (χ1v) is 6.96. The van der Waals surface area contributed by atoms with Crippen LogP contribution in [0.2, 0.25) is 0 Å². The van der Waals surface area contributed by atoms with E-state index in [0.29, 0.717) is 11.3 Å². The van der Waals surface area contributed by atoms with Crippen molar-refractivity contribution in [3.05, 3.63) is 29.3 Å². The first kappa shape index (κ1) is 20.9. The fourth-order valence-corrected chi connectivity index (χ4v) is 1.69. The van der Waals surface area contributed by atoms with Gasteiger partial charge in [-0.15, -0.1) is 12.4 Å². The number of primary amides is 1. The number of carbonyl (C=O) groups is 3. The molecule has 0 aliphatic heterocycles. The molecule has 0 saturated carbocycles. The highest BCUT2D eigenvalue weighted by Crippen LogP contribution is 2.16. The maximum Gasteiger partial charge on any atom is 0.248 e. The third-order valence-corrected chi connectivity index (χ3v) is 3.24. The van der Waals surface area contributed by atoms with E-state index in [2.05, 4.69) is 10.6 Å². The fourth-order valence-electron chi connectivity index (χ4n) is 1.69. The number of hydrogen-bond donors (Lipinski definition) is 4. The third kappa shape index (κ3) is 6.25. The van der Waals surface area contributed by atoms with E-state index in [-0.39, 0.29) is 30.8 Å². The molecule has 0 radical (unpaired) electrons. The molecular weight excluding hydrogens is 320 g/mol. The Labute approximate surface area is 141 Å². The van der Waals surface area contributed by atoms with Crippen molar-refractivity contribution in [2.24, 2.45) is 17.4 Å². The second kappa shape index (κ2) is 9.12. The molecule has 0 fully saturated rings. The summed E-state index contributed by atoms with van der Waals surface area (Å²) in [5.41, 5.74) is 12.4. The zero-order valence-corrected chi connectivity index (χ0v) is 14.2. The molecule has 3 amide bonds. The third-order valence-electron chi connectivity index (χ3n) is 3.24. The zero-order valence-electron chi connectivity index (χ0n) is 13.4. The average Bonchev–Trinajstić information content (AvgIpc) is 2.45. The van der Waals surface area contributed by atoms with Crippen LogP contribution in [0.1, 0.15) is 29.8 Å². The molecule has 0 aliphatic carbocycles. The summed E-state index contributed by atoms with van der Waals surface area (Å²) in [6.45, 7) is 5.24. The quantitative estimate of drug-likeness (QED) is 0.602. The van der Waals surface area contributed by atoms with Crippen molar-refractivity contribution in [3.8, 4) is 0 Å². The van der Waals surface area contributed by atoms with Crippen LogP contribution in [-0.4, -0.2) is 30.3 Å². The van der Waals surface area contributed by atoms with Crippen LogP contribution in [-0.2, 0) is 9.59 Å². The highest BCUT2D eigenvalue weighted by molar-refractivity contribution is 5.98. The van der Waals surface area contributed by atoms with Crippen LogP contribution in [0.15, 0.2) is 18.2 Å². The van der Waals surface area contributed by atoms with Gasteiger partial charge < -0.3 is 22.1 Å². The summed E-state index contributed by atoms with van der Waals surface area (Å²) < 4.78 is 0. The minimum absolute atomic E-state index is 0. The van der Waals surface area contributed by atoms with Gasteiger partial charge in [-0.05, 0) is 30.5 Å². The molecule has 128 valence electrons. The average molecular weight is 343 g/mol. The molecule has 0 aromatic heterocycles. The van der Waals surface area contributed by atoms with Gasteiger partial charge in [-0.1, -0.05) is 19.9 Å². The number of aryl methyl sites for hydroxylation is 1. The molecule has 1 rings (SSSR count). The van der Waals surface area contributed by atoms with E-state index >= 15 is 0 Å². The highest BCUT2D eigenvalue weighted by atomic mass is 35.5. The summed E-state index contributed by atoms with van der Waals surface area (Å²) in [6.07, 6.45) is 0. The number of anilines is 1. The number of nitrogens with one attached hydrogen (secondary N) is 2. The lowest BCUT2D eigenvalue weighted by atomic mass is 10.1. The van der Waals surface area contributed by atoms with Crippen LogP contribution in [0.5, 0.6) is 0 Å². The van der Waals surface area contributed by atoms with Crippen molar-refractivity contribution in [2.45, 2.75) is 26.8 Å². The van der Waals surface area contributed by atoms with Crippen molar-refractivity contribution >= 4 is 35.8 Å². The number of amides is 3. The Morgan fingerprint density at radius 2 is 1.83 bits per heavy atom.